The Balaban J connectivity index is 1.40. The molecule has 7 nitrogen and oxygen atoms in total. The van der Waals surface area contributed by atoms with Gasteiger partial charge in [0.15, 0.2) is 0 Å². The van der Waals surface area contributed by atoms with Gasteiger partial charge in [-0.25, -0.2) is 8.78 Å². The lowest BCUT2D eigenvalue weighted by Gasteiger charge is -2.25. The molecule has 2 N–H and O–H groups in total. The summed E-state index contributed by atoms with van der Waals surface area (Å²) in [5, 5.41) is 19.2. The molecule has 45 heavy (non-hydrogen) atoms. The van der Waals surface area contributed by atoms with Gasteiger partial charge in [-0.3, -0.25) is 14.5 Å². The lowest BCUT2D eigenvalue weighted by atomic mass is 9.89. The Morgan fingerprint density at radius 2 is 1.84 bits per heavy atom. The van der Waals surface area contributed by atoms with Crippen LogP contribution in [0.1, 0.15) is 65.8 Å². The largest absolute Gasteiger partial charge is 0.494 e. The lowest BCUT2D eigenvalue weighted by Crippen LogP contribution is -2.30. The number of hydrogen-bond donors (Lipinski definition) is 2. The summed E-state index contributed by atoms with van der Waals surface area (Å²) in [6, 6.07) is 16.6. The fourth-order valence-corrected chi connectivity index (χ4v) is 5.96. The van der Waals surface area contributed by atoms with Gasteiger partial charge >= 0.3 is 0 Å². The van der Waals surface area contributed by atoms with Crippen LogP contribution in [0.4, 0.5) is 8.78 Å². The van der Waals surface area contributed by atoms with E-state index >= 15 is 4.39 Å². The number of aromatic nitrogens is 3. The third-order valence-corrected chi connectivity index (χ3v) is 8.59. The summed E-state index contributed by atoms with van der Waals surface area (Å²) in [5.74, 6) is -2.23. The Morgan fingerprint density at radius 1 is 1.11 bits per heavy atom. The highest BCUT2D eigenvalue weighted by atomic mass is 35.5. The number of rotatable bonds is 9. The van der Waals surface area contributed by atoms with Crippen molar-refractivity contribution in [2.24, 2.45) is 0 Å². The molecular weight excluding hydrogens is 621 g/mol. The molecule has 0 aliphatic heterocycles. The number of amides is 1. The summed E-state index contributed by atoms with van der Waals surface area (Å²) in [7, 11) is 1.54. The highest BCUT2D eigenvalue weighted by Crippen LogP contribution is 2.40. The van der Waals surface area contributed by atoms with Crippen LogP contribution < -0.4 is 10.1 Å². The molecule has 1 unspecified atom stereocenters. The van der Waals surface area contributed by atoms with Crippen molar-refractivity contribution in [3.05, 3.63) is 111 Å². The number of methoxy groups -OCH3 is 1. The second kappa shape index (κ2) is 12.0. The number of nitrogens with zero attached hydrogens (tertiary/aromatic N) is 3. The summed E-state index contributed by atoms with van der Waals surface area (Å²) >= 11 is 12.7. The Labute approximate surface area is 268 Å². The topological polar surface area (TPSA) is 89.3 Å². The first-order chi connectivity index (χ1) is 21.4. The molecule has 6 rings (SSSR count). The molecule has 1 fully saturated rings. The average Bonchev–Trinajstić information content (AvgIpc) is 3.77. The number of pyridine rings is 1. The van der Waals surface area contributed by atoms with Crippen molar-refractivity contribution in [1.82, 2.24) is 20.1 Å². The number of nitrogens with one attached hydrogen (secondary N) is 1. The van der Waals surface area contributed by atoms with Gasteiger partial charge in [0.25, 0.3) is 5.91 Å². The van der Waals surface area contributed by atoms with Crippen molar-refractivity contribution in [1.29, 1.82) is 0 Å². The normalized spacial score (nSPS) is 14.0. The molecule has 2 heterocycles. The van der Waals surface area contributed by atoms with Crippen molar-refractivity contribution in [3.63, 3.8) is 0 Å². The first-order valence-electron chi connectivity index (χ1n) is 14.4. The van der Waals surface area contributed by atoms with Gasteiger partial charge in [-0.15, -0.1) is 0 Å². The van der Waals surface area contributed by atoms with E-state index in [1.807, 2.05) is 41.2 Å². The Hall–Kier alpha value is -4.05. The van der Waals surface area contributed by atoms with Crippen LogP contribution in [0.2, 0.25) is 10.0 Å². The summed E-state index contributed by atoms with van der Waals surface area (Å²) in [5.41, 5.74) is 0.972. The number of fused-ring (bicyclic) bond motifs is 1. The maximum atomic E-state index is 15.1. The summed E-state index contributed by atoms with van der Waals surface area (Å²) < 4.78 is 36.6. The predicted octanol–water partition coefficient (Wildman–Crippen LogP) is 7.82. The Bertz CT molecular complexity index is 1920. The van der Waals surface area contributed by atoms with Crippen molar-refractivity contribution in [3.8, 4) is 17.0 Å². The molecule has 1 amide bonds. The summed E-state index contributed by atoms with van der Waals surface area (Å²) in [6.45, 7) is 3.19. The standard InChI is InChI=1S/C34H30Cl2F2N4O3/c1-34(2,44)24-14-28(40-32(30(24)36)22-13-25(35)27(38)15-26(22)37)23(18-7-5-4-6-8-18)16-39-33(43)19-11-20-17-42(21-9-10-21)41-31(20)29(12-19)45-3/h4-8,11-15,17,21,23,44H,9-10,16H2,1-3H3,(H,39,43). The molecule has 232 valence electrons. The first-order valence-corrected chi connectivity index (χ1v) is 15.2. The highest BCUT2D eigenvalue weighted by molar-refractivity contribution is 6.34. The summed E-state index contributed by atoms with van der Waals surface area (Å²) in [6.07, 6.45) is 4.07. The quantitative estimate of drug-likeness (QED) is 0.159. The molecule has 3 aromatic carbocycles. The predicted molar refractivity (Wildman–Crippen MR) is 170 cm³/mol. The zero-order valence-corrected chi connectivity index (χ0v) is 26.3. The van der Waals surface area contributed by atoms with Crippen LogP contribution in [0.3, 0.4) is 0 Å². The van der Waals surface area contributed by atoms with E-state index in [1.165, 1.54) is 0 Å². The molecule has 1 aliphatic rings. The highest BCUT2D eigenvalue weighted by Gasteiger charge is 2.29. The third-order valence-electron chi connectivity index (χ3n) is 7.92. The molecule has 0 radical (unpaired) electrons. The Kier molecular flexibility index (Phi) is 8.28. The average molecular weight is 652 g/mol. The van der Waals surface area contributed by atoms with Gasteiger partial charge < -0.3 is 15.2 Å². The second-order valence-electron chi connectivity index (χ2n) is 11.7. The second-order valence-corrected chi connectivity index (χ2v) is 12.5. The maximum Gasteiger partial charge on any atom is 0.251 e. The number of carbonyl (C=O) groups is 1. The van der Waals surface area contributed by atoms with E-state index in [-0.39, 0.29) is 39.3 Å². The smallest absolute Gasteiger partial charge is 0.251 e. The van der Waals surface area contributed by atoms with Gasteiger partial charge in [0.05, 0.1) is 40.2 Å². The van der Waals surface area contributed by atoms with Gasteiger partial charge in [0.2, 0.25) is 0 Å². The molecule has 0 saturated heterocycles. The molecule has 5 aromatic rings. The van der Waals surface area contributed by atoms with Crippen molar-refractivity contribution in [2.45, 2.75) is 44.2 Å². The molecule has 0 bridgehead atoms. The molecular formula is C34H30Cl2F2N4O3. The third kappa shape index (κ3) is 6.25. The van der Waals surface area contributed by atoms with Gasteiger partial charge in [0.1, 0.15) is 22.9 Å². The minimum absolute atomic E-state index is 0.00388. The molecule has 1 aliphatic carbocycles. The number of benzene rings is 3. The van der Waals surface area contributed by atoms with E-state index in [2.05, 4.69) is 10.4 Å². The van der Waals surface area contributed by atoms with Crippen LogP contribution in [-0.4, -0.2) is 39.4 Å². The number of ether oxygens (including phenoxy) is 1. The van der Waals surface area contributed by atoms with E-state index in [0.717, 1.165) is 29.9 Å². The molecule has 2 aromatic heterocycles. The van der Waals surface area contributed by atoms with Crippen LogP contribution in [0, 0.1) is 11.6 Å². The van der Waals surface area contributed by atoms with Crippen molar-refractivity contribution in [2.75, 3.05) is 13.7 Å². The van der Waals surface area contributed by atoms with E-state index in [9.17, 15) is 14.3 Å². The fourth-order valence-electron chi connectivity index (χ4n) is 5.37. The van der Waals surface area contributed by atoms with Crippen LogP contribution in [0.15, 0.2) is 66.9 Å². The zero-order valence-electron chi connectivity index (χ0n) is 24.7. The number of hydrogen-bond acceptors (Lipinski definition) is 5. The number of halogens is 4. The number of aliphatic hydroxyl groups is 1. The first kappa shape index (κ1) is 31.0. The summed E-state index contributed by atoms with van der Waals surface area (Å²) in [4.78, 5) is 18.3. The molecule has 11 heteroatoms. The van der Waals surface area contributed by atoms with Crippen LogP contribution in [0.5, 0.6) is 5.75 Å². The minimum Gasteiger partial charge on any atom is -0.494 e. The Morgan fingerprint density at radius 3 is 2.51 bits per heavy atom. The zero-order chi connectivity index (χ0) is 32.0. The minimum atomic E-state index is -1.45. The maximum absolute atomic E-state index is 15.1. The van der Waals surface area contributed by atoms with E-state index in [0.29, 0.717) is 34.6 Å². The molecule has 1 atom stereocenters. The van der Waals surface area contributed by atoms with Gasteiger partial charge in [-0.1, -0.05) is 53.5 Å². The van der Waals surface area contributed by atoms with Gasteiger partial charge in [0, 0.05) is 46.8 Å². The van der Waals surface area contributed by atoms with Gasteiger partial charge in [-0.2, -0.15) is 5.10 Å². The SMILES string of the molecule is COc1cc(C(=O)NCC(c2ccccc2)c2cc(C(C)(C)O)c(Cl)c(-c3cc(Cl)c(F)cc3F)n2)cc2cn(C3CC3)nc12. The van der Waals surface area contributed by atoms with Gasteiger partial charge in [-0.05, 0) is 56.5 Å². The monoisotopic (exact) mass is 650 g/mol. The fraction of sp³-hybridized carbons (Fsp3) is 0.265. The van der Waals surface area contributed by atoms with E-state index in [1.54, 1.807) is 39.2 Å². The van der Waals surface area contributed by atoms with Crippen LogP contribution >= 0.6 is 23.2 Å². The number of carbonyl (C=O) groups excluding carboxylic acids is 1. The van der Waals surface area contributed by atoms with E-state index in [4.69, 9.17) is 32.9 Å². The molecule has 0 spiro atoms. The lowest BCUT2D eigenvalue weighted by molar-refractivity contribution is 0.0785. The van der Waals surface area contributed by atoms with Crippen LogP contribution in [-0.2, 0) is 5.60 Å². The molecule has 1 saturated carbocycles. The van der Waals surface area contributed by atoms with E-state index < -0.39 is 23.2 Å². The van der Waals surface area contributed by atoms with Crippen molar-refractivity contribution >= 4 is 40.0 Å². The van der Waals surface area contributed by atoms with Crippen molar-refractivity contribution < 1.29 is 23.4 Å². The van der Waals surface area contributed by atoms with Crippen LogP contribution in [0.25, 0.3) is 22.2 Å².